The van der Waals surface area contributed by atoms with Gasteiger partial charge in [0.15, 0.2) is 0 Å². The molecule has 0 radical (unpaired) electrons. The van der Waals surface area contributed by atoms with Crippen LogP contribution in [0.1, 0.15) is 0 Å². The highest BCUT2D eigenvalue weighted by Gasteiger charge is 2.36. The molecule has 0 saturated heterocycles. The van der Waals surface area contributed by atoms with Gasteiger partial charge in [-0.3, -0.25) is 8.42 Å². The zero-order chi connectivity index (χ0) is 14.1. The summed E-state index contributed by atoms with van der Waals surface area (Å²) in [7, 11) is -20.4. The smallest absolute Gasteiger partial charge is 0.363 e. The van der Waals surface area contributed by atoms with Gasteiger partial charge in [0.1, 0.15) is 0 Å². The van der Waals surface area contributed by atoms with Crippen molar-refractivity contribution < 1.29 is 41.8 Å². The summed E-state index contributed by atoms with van der Waals surface area (Å²) < 4.78 is 106. The van der Waals surface area contributed by atoms with Crippen LogP contribution >= 0.6 is 0 Å². The molecule has 2 unspecified atom stereocenters. The summed E-state index contributed by atoms with van der Waals surface area (Å²) in [5, 5.41) is 0. The Kier molecular flexibility index (Phi) is 5.18. The lowest BCUT2D eigenvalue weighted by atomic mass is 11.6. The molecule has 0 aromatic rings. The lowest BCUT2D eigenvalue weighted by Gasteiger charge is -2.27. The monoisotopic (exact) mass is 340 g/mol. The van der Waals surface area contributed by atoms with E-state index in [4.69, 9.17) is 0 Å². The van der Waals surface area contributed by atoms with Crippen LogP contribution in [0.3, 0.4) is 0 Å². The highest BCUT2D eigenvalue weighted by Crippen LogP contribution is 2.32. The third-order valence-electron chi connectivity index (χ3n) is 0.720. The van der Waals surface area contributed by atoms with E-state index in [-0.39, 0.29) is 0 Å². The fourth-order valence-electron chi connectivity index (χ4n) is 0.309. The summed E-state index contributed by atoms with van der Waals surface area (Å²) >= 11 is 0. The highest BCUT2D eigenvalue weighted by atomic mass is 32.3. The van der Waals surface area contributed by atoms with Gasteiger partial charge in [-0.2, -0.15) is 8.78 Å². The Labute approximate surface area is 97.6 Å². The van der Waals surface area contributed by atoms with Crippen molar-refractivity contribution in [2.24, 2.45) is 0 Å². The molecule has 0 spiro atoms. The molecule has 0 aliphatic carbocycles. The largest absolute Gasteiger partial charge is 0.429 e. The van der Waals surface area contributed by atoms with E-state index in [1.54, 1.807) is 0 Å². The molecule has 2 atom stereocenters. The second-order valence-corrected chi connectivity index (χ2v) is 7.06. The van der Waals surface area contributed by atoms with Crippen molar-refractivity contribution in [3.05, 3.63) is 8.25 Å². The summed E-state index contributed by atoms with van der Waals surface area (Å²) in [6, 6.07) is 0. The standard InChI is InChI=1S/CF4N2O6S4/c2-1(3,14(8)6-16(4,10)11)15(9)7-17(5,12)13/q-2. The molecule has 0 amide bonds. The topological polar surface area (TPSA) is 131 Å². The molecule has 0 aliphatic rings. The Morgan fingerprint density at radius 1 is 0.824 bits per heavy atom. The van der Waals surface area contributed by atoms with E-state index in [2.05, 4.69) is 0 Å². The zero-order valence-corrected chi connectivity index (χ0v) is 10.3. The SMILES string of the molecule is O=S([N-]S(=O)(=O)F)C(F)(F)S(=O)[N-]S(=O)(=O)F. The number of hydrogen-bond acceptors (Lipinski definition) is 6. The Bertz CT molecular complexity index is 488. The van der Waals surface area contributed by atoms with E-state index in [9.17, 15) is 41.8 Å². The molecule has 0 heterocycles. The average Bonchev–Trinajstić information content (AvgIpc) is 1.96. The van der Waals surface area contributed by atoms with Gasteiger partial charge < -0.3 is 8.25 Å². The molecule has 0 aromatic carbocycles. The van der Waals surface area contributed by atoms with Crippen LogP contribution in [-0.2, 0) is 42.8 Å². The second kappa shape index (κ2) is 5.22. The lowest BCUT2D eigenvalue weighted by Crippen LogP contribution is -2.28. The van der Waals surface area contributed by atoms with Gasteiger partial charge in [0.25, 0.3) is 0 Å². The minimum atomic E-state index is -5.96. The lowest BCUT2D eigenvalue weighted by molar-refractivity contribution is 0.199. The maximum atomic E-state index is 12.6. The minimum Gasteiger partial charge on any atom is -0.429 e. The quantitative estimate of drug-likeness (QED) is 0.495. The Balaban J connectivity index is 5.03. The predicted molar refractivity (Wildman–Crippen MR) is 48.0 cm³/mol. The van der Waals surface area contributed by atoms with Crippen LogP contribution in [0.5, 0.6) is 0 Å². The van der Waals surface area contributed by atoms with Gasteiger partial charge in [0, 0.05) is 22.0 Å². The fourth-order valence-corrected chi connectivity index (χ4v) is 3.33. The van der Waals surface area contributed by atoms with Gasteiger partial charge in [-0.25, -0.2) is 16.8 Å². The third kappa shape index (κ3) is 6.36. The van der Waals surface area contributed by atoms with Gasteiger partial charge in [0.05, 0.1) is 0 Å². The van der Waals surface area contributed by atoms with Crippen LogP contribution in [0.2, 0.25) is 0 Å². The fraction of sp³-hybridized carbons (Fsp3) is 1.00. The van der Waals surface area contributed by atoms with E-state index in [0.717, 1.165) is 0 Å². The average molecular weight is 340 g/mol. The van der Waals surface area contributed by atoms with Crippen LogP contribution in [0.25, 0.3) is 8.25 Å². The number of halogens is 4. The van der Waals surface area contributed by atoms with Crippen LogP contribution in [0.4, 0.5) is 16.6 Å². The molecule has 0 bridgehead atoms. The van der Waals surface area contributed by atoms with Crippen molar-refractivity contribution in [2.75, 3.05) is 0 Å². The Hall–Kier alpha value is -0.160. The summed E-state index contributed by atoms with van der Waals surface area (Å²) in [6.07, 6.45) is 0. The first-order chi connectivity index (χ1) is 7.26. The van der Waals surface area contributed by atoms with Crippen molar-refractivity contribution in [3.63, 3.8) is 0 Å². The van der Waals surface area contributed by atoms with Crippen LogP contribution in [-0.4, -0.2) is 29.8 Å². The normalized spacial score (nSPS) is 17.6. The third-order valence-corrected chi connectivity index (χ3v) is 4.90. The van der Waals surface area contributed by atoms with Gasteiger partial charge in [-0.15, -0.1) is 7.77 Å². The maximum Gasteiger partial charge on any atom is 0.363 e. The Morgan fingerprint density at radius 3 is 1.24 bits per heavy atom. The summed E-state index contributed by atoms with van der Waals surface area (Å²) in [6.45, 7) is 0. The predicted octanol–water partition coefficient (Wildman–Crippen LogP) is 0.0401. The van der Waals surface area contributed by atoms with E-state index < -0.39 is 47.4 Å². The first-order valence-electron chi connectivity index (χ1n) is 2.83. The van der Waals surface area contributed by atoms with Gasteiger partial charge in [0.2, 0.25) is 20.8 Å². The van der Waals surface area contributed by atoms with Crippen molar-refractivity contribution in [3.8, 4) is 0 Å². The maximum absolute atomic E-state index is 12.6. The molecule has 16 heteroatoms. The molecule has 0 aromatic heterocycles. The molecule has 17 heavy (non-hydrogen) atoms. The van der Waals surface area contributed by atoms with Crippen LogP contribution in [0, 0.1) is 0 Å². The van der Waals surface area contributed by atoms with Gasteiger partial charge in [-0.05, 0) is 0 Å². The first kappa shape index (κ1) is 16.8. The molecular weight excluding hydrogens is 340 g/mol. The number of rotatable bonds is 6. The van der Waals surface area contributed by atoms with Gasteiger partial charge in [-0.1, -0.05) is 0 Å². The van der Waals surface area contributed by atoms with E-state index in [1.807, 2.05) is 0 Å². The summed E-state index contributed by atoms with van der Waals surface area (Å²) in [5.74, 6) is 0. The summed E-state index contributed by atoms with van der Waals surface area (Å²) in [4.78, 5) is 0. The molecule has 0 rings (SSSR count). The molecule has 8 nitrogen and oxygen atoms in total. The summed E-state index contributed by atoms with van der Waals surface area (Å²) in [5.41, 5.74) is 0. The molecular formula is CF4N2O6S4-2. The van der Waals surface area contributed by atoms with Crippen molar-refractivity contribution in [1.29, 1.82) is 0 Å². The highest BCUT2D eigenvalue weighted by molar-refractivity contribution is 8.17. The molecule has 0 aliphatic heterocycles. The van der Waals surface area contributed by atoms with E-state index in [1.165, 1.54) is 8.25 Å². The first-order valence-corrected chi connectivity index (χ1v) is 7.72. The molecule has 0 saturated carbocycles. The number of alkyl halides is 2. The van der Waals surface area contributed by atoms with Gasteiger partial charge >= 0.3 is 4.59 Å². The van der Waals surface area contributed by atoms with Crippen molar-refractivity contribution in [2.45, 2.75) is 4.59 Å². The van der Waals surface area contributed by atoms with Crippen LogP contribution in [0.15, 0.2) is 0 Å². The molecule has 104 valence electrons. The van der Waals surface area contributed by atoms with Crippen molar-refractivity contribution >= 4 is 42.8 Å². The molecule has 0 fully saturated rings. The van der Waals surface area contributed by atoms with E-state index >= 15 is 0 Å². The van der Waals surface area contributed by atoms with Crippen LogP contribution < -0.4 is 0 Å². The van der Waals surface area contributed by atoms with E-state index in [0.29, 0.717) is 0 Å². The minimum absolute atomic E-state index is 1.39. The number of hydrogen-bond donors (Lipinski definition) is 0. The number of nitrogens with zero attached hydrogens (tertiary/aromatic N) is 2. The Morgan fingerprint density at radius 2 is 1.06 bits per heavy atom. The second-order valence-electron chi connectivity index (χ2n) is 1.93. The van der Waals surface area contributed by atoms with Crippen molar-refractivity contribution in [1.82, 2.24) is 0 Å². The molecule has 0 N–H and O–H groups in total. The zero-order valence-electron chi connectivity index (χ0n) is 6.99.